The number of hydrogen-bond donors (Lipinski definition) is 0. The van der Waals surface area contributed by atoms with Gasteiger partial charge in [-0.25, -0.2) is 4.98 Å². The van der Waals surface area contributed by atoms with Gasteiger partial charge in [0.05, 0.1) is 28.9 Å². The number of thiophene rings is 1. The van der Waals surface area contributed by atoms with E-state index in [0.29, 0.717) is 0 Å². The quantitative estimate of drug-likeness (QED) is 0.277. The molecule has 1 aliphatic rings. The lowest BCUT2D eigenvalue weighted by Gasteiger charge is -2.20. The summed E-state index contributed by atoms with van der Waals surface area (Å²) in [4.78, 5) is 9.02. The van der Waals surface area contributed by atoms with Gasteiger partial charge in [-0.05, 0) is 47.8 Å². The van der Waals surface area contributed by atoms with Gasteiger partial charge in [-0.1, -0.05) is 24.3 Å². The van der Waals surface area contributed by atoms with Crippen molar-refractivity contribution < 1.29 is 9.15 Å². The zero-order valence-electron chi connectivity index (χ0n) is 18.4. The smallest absolute Gasteiger partial charge is 0.222 e. The Morgan fingerprint density at radius 2 is 1.85 bits per heavy atom. The summed E-state index contributed by atoms with van der Waals surface area (Å²) in [5, 5.41) is 2.07. The molecule has 0 bridgehead atoms. The second-order valence-corrected chi connectivity index (χ2v) is 9.27. The molecule has 0 atom stereocenters. The van der Waals surface area contributed by atoms with E-state index in [0.717, 1.165) is 57.8 Å². The van der Waals surface area contributed by atoms with Crippen molar-refractivity contribution in [2.45, 2.75) is 0 Å². The monoisotopic (exact) mass is 464 g/mol. The fraction of sp³-hybridized carbons (Fsp3) is 0.0741. The van der Waals surface area contributed by atoms with Crippen LogP contribution in [-0.4, -0.2) is 23.1 Å². The third-order valence-corrected chi connectivity index (χ3v) is 7.04. The minimum atomic E-state index is 0.731. The number of rotatable bonds is 4. The maximum Gasteiger partial charge on any atom is 0.222 e. The lowest BCUT2D eigenvalue weighted by Crippen LogP contribution is -2.24. The fourth-order valence-corrected chi connectivity index (χ4v) is 5.44. The number of furan rings is 1. The molecule has 0 fully saturated rings. The average Bonchev–Trinajstić information content (AvgIpc) is 3.62. The number of benzene rings is 2. The summed E-state index contributed by atoms with van der Waals surface area (Å²) < 4.78 is 15.6. The zero-order chi connectivity index (χ0) is 22.6. The van der Waals surface area contributed by atoms with Gasteiger partial charge in [-0.2, -0.15) is 0 Å². The standard InChI is InChI=1S/C27H20N4O2S/c1-29-17-31(25-26-23(11-13-34-26)33-27(25)29)19-7-5-9-21(15-19)32-20-8-4-6-18(14-20)24-22-10-2-3-12-30(22)16-28-24/h2-16H,17H2,1H3. The molecule has 7 heteroatoms. The molecule has 0 spiro atoms. The van der Waals surface area contributed by atoms with Crippen LogP contribution in [0.25, 0.3) is 27.1 Å². The highest BCUT2D eigenvalue weighted by atomic mass is 32.1. The molecule has 0 unspecified atom stereocenters. The highest BCUT2D eigenvalue weighted by molar-refractivity contribution is 7.17. The number of anilines is 3. The van der Waals surface area contributed by atoms with Crippen LogP contribution in [0.3, 0.4) is 0 Å². The predicted octanol–water partition coefficient (Wildman–Crippen LogP) is 7.15. The Morgan fingerprint density at radius 3 is 2.79 bits per heavy atom. The molecule has 0 amide bonds. The van der Waals surface area contributed by atoms with Crippen LogP contribution in [0.5, 0.6) is 11.5 Å². The van der Waals surface area contributed by atoms with Crippen LogP contribution in [-0.2, 0) is 0 Å². The van der Waals surface area contributed by atoms with E-state index in [1.54, 1.807) is 11.3 Å². The third kappa shape index (κ3) is 2.98. The summed E-state index contributed by atoms with van der Waals surface area (Å²) in [7, 11) is 2.05. The number of fused-ring (bicyclic) bond motifs is 4. The lowest BCUT2D eigenvalue weighted by atomic mass is 10.1. The van der Waals surface area contributed by atoms with Crippen molar-refractivity contribution in [2.75, 3.05) is 23.5 Å². The van der Waals surface area contributed by atoms with Crippen LogP contribution in [0.1, 0.15) is 0 Å². The Kier molecular flexibility index (Phi) is 4.19. The van der Waals surface area contributed by atoms with Crippen LogP contribution in [0.15, 0.2) is 95.1 Å². The SMILES string of the molecule is CN1CN(c2cccc(Oc3cccc(-c4ncn5ccccc45)c3)c2)c2c1oc1ccsc21. The molecule has 5 heterocycles. The second kappa shape index (κ2) is 7.40. The molecule has 1 aliphatic heterocycles. The molecule has 0 radical (unpaired) electrons. The minimum Gasteiger partial charge on any atom is -0.457 e. The Balaban J connectivity index is 1.21. The highest BCUT2D eigenvalue weighted by Gasteiger charge is 2.32. The van der Waals surface area contributed by atoms with Crippen LogP contribution < -0.4 is 14.5 Å². The van der Waals surface area contributed by atoms with Gasteiger partial charge in [-0.15, -0.1) is 11.3 Å². The molecule has 6 aromatic rings. The molecule has 0 saturated carbocycles. The molecule has 0 saturated heterocycles. The van der Waals surface area contributed by atoms with E-state index in [1.807, 2.05) is 65.5 Å². The Morgan fingerprint density at radius 1 is 0.971 bits per heavy atom. The van der Waals surface area contributed by atoms with Crippen molar-refractivity contribution in [1.29, 1.82) is 0 Å². The molecule has 2 aromatic carbocycles. The molecular formula is C27H20N4O2S. The summed E-state index contributed by atoms with van der Waals surface area (Å²) in [5.74, 6) is 2.47. The van der Waals surface area contributed by atoms with E-state index in [9.17, 15) is 0 Å². The van der Waals surface area contributed by atoms with E-state index < -0.39 is 0 Å². The van der Waals surface area contributed by atoms with E-state index in [2.05, 4.69) is 51.5 Å². The first kappa shape index (κ1) is 19.3. The molecule has 6 nitrogen and oxygen atoms in total. The topological polar surface area (TPSA) is 46.2 Å². The van der Waals surface area contributed by atoms with Crippen molar-refractivity contribution in [3.05, 3.63) is 90.7 Å². The van der Waals surface area contributed by atoms with Crippen molar-refractivity contribution >= 4 is 44.4 Å². The van der Waals surface area contributed by atoms with Gasteiger partial charge < -0.3 is 23.4 Å². The van der Waals surface area contributed by atoms with Gasteiger partial charge in [-0.3, -0.25) is 0 Å². The van der Waals surface area contributed by atoms with Crippen molar-refractivity contribution in [3.63, 3.8) is 0 Å². The van der Waals surface area contributed by atoms with Crippen LogP contribution in [0, 0.1) is 0 Å². The summed E-state index contributed by atoms with van der Waals surface area (Å²) in [6.07, 6.45) is 3.84. The molecular weight excluding hydrogens is 444 g/mol. The van der Waals surface area contributed by atoms with Gasteiger partial charge in [0.2, 0.25) is 5.88 Å². The average molecular weight is 465 g/mol. The van der Waals surface area contributed by atoms with E-state index in [1.165, 1.54) is 4.70 Å². The summed E-state index contributed by atoms with van der Waals surface area (Å²) in [6.45, 7) is 0.731. The van der Waals surface area contributed by atoms with Gasteiger partial charge in [0, 0.05) is 30.6 Å². The maximum absolute atomic E-state index is 6.30. The molecule has 166 valence electrons. The van der Waals surface area contributed by atoms with Crippen molar-refractivity contribution in [1.82, 2.24) is 9.38 Å². The Bertz CT molecular complexity index is 1660. The van der Waals surface area contributed by atoms with Crippen LogP contribution in [0.2, 0.25) is 0 Å². The largest absolute Gasteiger partial charge is 0.457 e. The Labute approximate surface area is 199 Å². The second-order valence-electron chi connectivity index (χ2n) is 8.35. The minimum absolute atomic E-state index is 0.731. The molecule has 7 rings (SSSR count). The van der Waals surface area contributed by atoms with E-state index in [4.69, 9.17) is 9.15 Å². The normalized spacial score (nSPS) is 13.2. The predicted molar refractivity (Wildman–Crippen MR) is 137 cm³/mol. The van der Waals surface area contributed by atoms with Crippen LogP contribution >= 0.6 is 11.3 Å². The number of imidazole rings is 1. The number of nitrogens with zero attached hydrogens (tertiary/aromatic N) is 4. The van der Waals surface area contributed by atoms with Crippen molar-refractivity contribution in [3.8, 4) is 22.8 Å². The maximum atomic E-state index is 6.30. The van der Waals surface area contributed by atoms with Crippen LogP contribution in [0.4, 0.5) is 17.3 Å². The van der Waals surface area contributed by atoms with Gasteiger partial charge >= 0.3 is 0 Å². The summed E-state index contributed by atoms with van der Waals surface area (Å²) >= 11 is 1.71. The summed E-state index contributed by atoms with van der Waals surface area (Å²) in [6, 6.07) is 24.4. The first-order chi connectivity index (χ1) is 16.7. The summed E-state index contributed by atoms with van der Waals surface area (Å²) in [5.41, 5.74) is 6.14. The number of ether oxygens (including phenoxy) is 1. The Hall–Kier alpha value is -4.23. The number of hydrogen-bond acceptors (Lipinski definition) is 6. The number of aromatic nitrogens is 2. The van der Waals surface area contributed by atoms with Gasteiger partial charge in [0.1, 0.15) is 22.8 Å². The zero-order valence-corrected chi connectivity index (χ0v) is 19.2. The van der Waals surface area contributed by atoms with E-state index >= 15 is 0 Å². The van der Waals surface area contributed by atoms with Crippen molar-refractivity contribution in [2.24, 2.45) is 0 Å². The molecule has 34 heavy (non-hydrogen) atoms. The fourth-order valence-electron chi connectivity index (χ4n) is 4.58. The molecule has 0 N–H and O–H groups in total. The first-order valence-corrected chi connectivity index (χ1v) is 11.9. The van der Waals surface area contributed by atoms with E-state index in [-0.39, 0.29) is 0 Å². The molecule has 0 aliphatic carbocycles. The van der Waals surface area contributed by atoms with Gasteiger partial charge in [0.25, 0.3) is 0 Å². The number of pyridine rings is 1. The lowest BCUT2D eigenvalue weighted by molar-refractivity contribution is 0.483. The highest BCUT2D eigenvalue weighted by Crippen LogP contribution is 2.49. The first-order valence-electron chi connectivity index (χ1n) is 11.0. The molecule has 4 aromatic heterocycles. The van der Waals surface area contributed by atoms with Gasteiger partial charge in [0.15, 0.2) is 0 Å². The third-order valence-electron chi connectivity index (χ3n) is 6.14.